The van der Waals surface area contributed by atoms with E-state index < -0.39 is 29.7 Å². The SMILES string of the molecule is C=Cc1cccc(C(C(=O)NC(C)CCC)N(C(=O)C(Cc2ccc(O)cc2)NC(=O)OC(C)(C)C)C(C)C)c1. The quantitative estimate of drug-likeness (QED) is 0.311. The second-order valence-electron chi connectivity index (χ2n) is 11.4. The first-order chi connectivity index (χ1) is 18.7. The van der Waals surface area contributed by atoms with Crippen LogP contribution >= 0.6 is 0 Å². The van der Waals surface area contributed by atoms with E-state index in [1.54, 1.807) is 39.0 Å². The smallest absolute Gasteiger partial charge is 0.408 e. The Morgan fingerprint density at radius 2 is 1.70 bits per heavy atom. The summed E-state index contributed by atoms with van der Waals surface area (Å²) in [6, 6.07) is 11.4. The number of amides is 3. The molecule has 2 rings (SSSR count). The van der Waals surface area contributed by atoms with Crippen molar-refractivity contribution in [1.29, 1.82) is 0 Å². The lowest BCUT2D eigenvalue weighted by Crippen LogP contribution is -2.56. The maximum atomic E-state index is 14.3. The number of benzene rings is 2. The van der Waals surface area contributed by atoms with Crippen molar-refractivity contribution >= 4 is 24.0 Å². The van der Waals surface area contributed by atoms with Crippen molar-refractivity contribution in [2.24, 2.45) is 0 Å². The molecule has 0 aliphatic carbocycles. The summed E-state index contributed by atoms with van der Waals surface area (Å²) < 4.78 is 5.47. The van der Waals surface area contributed by atoms with Crippen LogP contribution in [0.5, 0.6) is 5.75 Å². The molecule has 3 N–H and O–H groups in total. The van der Waals surface area contributed by atoms with Crippen LogP contribution in [0.25, 0.3) is 6.08 Å². The van der Waals surface area contributed by atoms with E-state index in [4.69, 9.17) is 4.74 Å². The summed E-state index contributed by atoms with van der Waals surface area (Å²) in [5.74, 6) is -0.637. The van der Waals surface area contributed by atoms with Gasteiger partial charge in [-0.2, -0.15) is 0 Å². The molecule has 3 atom stereocenters. The van der Waals surface area contributed by atoms with E-state index in [1.807, 2.05) is 52.0 Å². The van der Waals surface area contributed by atoms with Crippen LogP contribution in [0.4, 0.5) is 4.79 Å². The Hall–Kier alpha value is -3.81. The Balaban J connectivity index is 2.58. The summed E-state index contributed by atoms with van der Waals surface area (Å²) in [4.78, 5) is 42.6. The summed E-state index contributed by atoms with van der Waals surface area (Å²) in [5, 5.41) is 15.5. The zero-order valence-corrected chi connectivity index (χ0v) is 24.9. The van der Waals surface area contributed by atoms with Gasteiger partial charge in [0.25, 0.3) is 0 Å². The van der Waals surface area contributed by atoms with Crippen LogP contribution in [-0.2, 0) is 20.7 Å². The lowest BCUT2D eigenvalue weighted by atomic mass is 9.97. The normalized spacial score (nSPS) is 13.6. The zero-order chi connectivity index (χ0) is 30.0. The van der Waals surface area contributed by atoms with Gasteiger partial charge in [-0.05, 0) is 82.9 Å². The van der Waals surface area contributed by atoms with Crippen molar-refractivity contribution in [2.75, 3.05) is 0 Å². The number of hydrogen-bond acceptors (Lipinski definition) is 5. The number of ether oxygens (including phenoxy) is 1. The predicted molar refractivity (Wildman–Crippen MR) is 159 cm³/mol. The molecule has 0 saturated heterocycles. The van der Waals surface area contributed by atoms with Gasteiger partial charge in [0.1, 0.15) is 23.4 Å². The Morgan fingerprint density at radius 1 is 1.05 bits per heavy atom. The highest BCUT2D eigenvalue weighted by atomic mass is 16.6. The molecule has 0 heterocycles. The van der Waals surface area contributed by atoms with Gasteiger partial charge < -0.3 is 25.4 Å². The third kappa shape index (κ3) is 9.74. The monoisotopic (exact) mass is 551 g/mol. The second-order valence-corrected chi connectivity index (χ2v) is 11.4. The van der Waals surface area contributed by atoms with Gasteiger partial charge in [-0.25, -0.2) is 4.79 Å². The molecule has 0 aliphatic heterocycles. The summed E-state index contributed by atoms with van der Waals surface area (Å²) in [6.07, 6.45) is 2.79. The minimum absolute atomic E-state index is 0.0839. The van der Waals surface area contributed by atoms with Crippen LogP contribution in [0.3, 0.4) is 0 Å². The number of aromatic hydroxyl groups is 1. The van der Waals surface area contributed by atoms with Gasteiger partial charge in [0.2, 0.25) is 11.8 Å². The summed E-state index contributed by atoms with van der Waals surface area (Å²) >= 11 is 0. The number of carbonyl (C=O) groups is 3. The van der Waals surface area contributed by atoms with Crippen molar-refractivity contribution in [3.8, 4) is 5.75 Å². The Labute approximate surface area is 238 Å². The molecule has 0 aromatic heterocycles. The van der Waals surface area contributed by atoms with Crippen molar-refractivity contribution in [3.63, 3.8) is 0 Å². The largest absolute Gasteiger partial charge is 0.508 e. The number of nitrogens with one attached hydrogen (secondary N) is 2. The van der Waals surface area contributed by atoms with Crippen LogP contribution in [0.1, 0.15) is 84.0 Å². The second kappa shape index (κ2) is 14.5. The molecule has 0 bridgehead atoms. The topological polar surface area (TPSA) is 108 Å². The number of rotatable bonds is 12. The van der Waals surface area contributed by atoms with Crippen LogP contribution in [-0.4, -0.2) is 51.6 Å². The fraction of sp³-hybridized carbons (Fsp3) is 0.469. The lowest BCUT2D eigenvalue weighted by Gasteiger charge is -2.37. The highest BCUT2D eigenvalue weighted by molar-refractivity contribution is 5.92. The van der Waals surface area contributed by atoms with Gasteiger partial charge in [-0.1, -0.05) is 56.3 Å². The molecule has 218 valence electrons. The molecule has 40 heavy (non-hydrogen) atoms. The highest BCUT2D eigenvalue weighted by Crippen LogP contribution is 2.27. The van der Waals surface area contributed by atoms with Gasteiger partial charge in [-0.15, -0.1) is 0 Å². The lowest BCUT2D eigenvalue weighted by molar-refractivity contribution is -0.144. The number of nitrogens with zero attached hydrogens (tertiary/aromatic N) is 1. The molecule has 0 spiro atoms. The van der Waals surface area contributed by atoms with Crippen LogP contribution in [0, 0.1) is 0 Å². The van der Waals surface area contributed by atoms with Gasteiger partial charge in [0, 0.05) is 18.5 Å². The Kier molecular flexibility index (Phi) is 11.8. The van der Waals surface area contributed by atoms with E-state index in [0.717, 1.165) is 24.0 Å². The third-order valence-electron chi connectivity index (χ3n) is 6.28. The molecule has 3 unspecified atom stereocenters. The summed E-state index contributed by atoms with van der Waals surface area (Å²) in [5.41, 5.74) is 1.42. The highest BCUT2D eigenvalue weighted by Gasteiger charge is 2.38. The standard InChI is InChI=1S/C32H45N3O5/c1-9-12-22(5)33-29(37)28(25-14-11-13-23(10-2)19-25)35(21(3)4)30(38)27(34-31(39)40-32(6,7)8)20-24-15-17-26(36)18-16-24/h10-11,13-19,21-22,27-28,36H,2,9,12,20H2,1,3-8H3,(H,33,37)(H,34,39). The van der Waals surface area contributed by atoms with Crippen LogP contribution in [0.15, 0.2) is 55.1 Å². The van der Waals surface area contributed by atoms with Gasteiger partial charge in [0.15, 0.2) is 0 Å². The summed E-state index contributed by atoms with van der Waals surface area (Å²) in [6.45, 7) is 16.8. The number of phenolic OH excluding ortho intramolecular Hbond substituents is 1. The van der Waals surface area contributed by atoms with E-state index in [0.29, 0.717) is 5.56 Å². The first kappa shape index (κ1) is 32.4. The first-order valence-corrected chi connectivity index (χ1v) is 13.9. The molecule has 0 aliphatic rings. The molecule has 0 fully saturated rings. The van der Waals surface area contributed by atoms with Gasteiger partial charge in [-0.3, -0.25) is 9.59 Å². The maximum absolute atomic E-state index is 14.3. The van der Waals surface area contributed by atoms with Crippen LogP contribution in [0.2, 0.25) is 0 Å². The number of phenols is 1. The van der Waals surface area contributed by atoms with E-state index >= 15 is 0 Å². The maximum Gasteiger partial charge on any atom is 0.408 e. The Morgan fingerprint density at radius 3 is 2.25 bits per heavy atom. The minimum Gasteiger partial charge on any atom is -0.508 e. The molecule has 8 heteroatoms. The van der Waals surface area contributed by atoms with E-state index in [-0.39, 0.29) is 30.2 Å². The zero-order valence-electron chi connectivity index (χ0n) is 24.9. The molecular formula is C32H45N3O5. The number of alkyl carbamates (subject to hydrolysis) is 1. The molecule has 2 aromatic carbocycles. The van der Waals surface area contributed by atoms with Crippen molar-refractivity contribution in [3.05, 3.63) is 71.8 Å². The van der Waals surface area contributed by atoms with Gasteiger partial charge in [0.05, 0.1) is 0 Å². The molecule has 2 aromatic rings. The van der Waals surface area contributed by atoms with Crippen molar-refractivity contribution in [1.82, 2.24) is 15.5 Å². The first-order valence-electron chi connectivity index (χ1n) is 13.9. The van der Waals surface area contributed by atoms with E-state index in [2.05, 4.69) is 17.2 Å². The predicted octanol–water partition coefficient (Wildman–Crippen LogP) is 5.75. The molecule has 8 nitrogen and oxygen atoms in total. The molecular weight excluding hydrogens is 506 g/mol. The number of carbonyl (C=O) groups excluding carboxylic acids is 3. The molecule has 0 saturated carbocycles. The minimum atomic E-state index is -1.03. The molecule has 3 amide bonds. The van der Waals surface area contributed by atoms with Gasteiger partial charge >= 0.3 is 6.09 Å². The Bertz CT molecular complexity index is 1150. The van der Waals surface area contributed by atoms with Crippen molar-refractivity contribution in [2.45, 2.75) is 97.5 Å². The van der Waals surface area contributed by atoms with E-state index in [1.165, 1.54) is 17.0 Å². The fourth-order valence-electron chi connectivity index (χ4n) is 4.50. The van der Waals surface area contributed by atoms with Crippen LogP contribution < -0.4 is 10.6 Å². The average molecular weight is 552 g/mol. The number of hydrogen-bond donors (Lipinski definition) is 3. The van der Waals surface area contributed by atoms with Crippen molar-refractivity contribution < 1.29 is 24.2 Å². The third-order valence-corrected chi connectivity index (χ3v) is 6.28. The van der Waals surface area contributed by atoms with E-state index in [9.17, 15) is 19.5 Å². The average Bonchev–Trinajstić information content (AvgIpc) is 2.86. The molecule has 0 radical (unpaired) electrons. The summed E-state index contributed by atoms with van der Waals surface area (Å²) in [7, 11) is 0. The fourth-order valence-corrected chi connectivity index (χ4v) is 4.50.